The second kappa shape index (κ2) is 9.35. The van der Waals surface area contributed by atoms with Crippen molar-refractivity contribution in [3.8, 4) is 11.8 Å². The maximum absolute atomic E-state index is 12.5. The van der Waals surface area contributed by atoms with Crippen LogP contribution in [0.15, 0.2) is 71.4 Å². The average Bonchev–Trinajstić information content (AvgIpc) is 2.73. The molecule has 0 aliphatic heterocycles. The van der Waals surface area contributed by atoms with Crippen LogP contribution in [-0.4, -0.2) is 21.0 Å². The molecule has 1 aromatic heterocycles. The number of rotatable bonds is 3. The Morgan fingerprint density at radius 3 is 2.59 bits per heavy atom. The summed E-state index contributed by atoms with van der Waals surface area (Å²) < 4.78 is 13.6. The molecule has 7 heteroatoms. The van der Waals surface area contributed by atoms with Crippen molar-refractivity contribution >= 4 is 29.0 Å². The summed E-state index contributed by atoms with van der Waals surface area (Å²) >= 11 is -0.147. The second-order valence-corrected chi connectivity index (χ2v) is 6.36. The molecule has 0 unspecified atom stereocenters. The zero-order chi connectivity index (χ0) is 20.6. The van der Waals surface area contributed by atoms with Gasteiger partial charge in [0.25, 0.3) is 11.8 Å². The summed E-state index contributed by atoms with van der Waals surface area (Å²) in [6.07, 6.45) is 2.84. The van der Waals surface area contributed by atoms with Gasteiger partial charge >= 0.3 is 0 Å². The molecule has 0 spiro atoms. The number of pyridine rings is 1. The monoisotopic (exact) mass is 401 g/mol. The average molecular weight is 401 g/mol. The van der Waals surface area contributed by atoms with Gasteiger partial charge in [-0.1, -0.05) is 36.1 Å². The molecule has 2 aromatic carbocycles. The van der Waals surface area contributed by atoms with Crippen molar-refractivity contribution in [2.75, 3.05) is 5.32 Å². The number of anilines is 1. The second-order valence-electron chi connectivity index (χ2n) is 6.03. The SMILES string of the molecule is Cc1ccccc1C(=O)Nc1cccc(C#Cc2cncc(C(=O)N=S=O)c2)c1. The molecule has 29 heavy (non-hydrogen) atoms. The maximum atomic E-state index is 12.5. The largest absolute Gasteiger partial charge is 0.322 e. The van der Waals surface area contributed by atoms with Crippen molar-refractivity contribution in [3.05, 3.63) is 94.8 Å². The standard InChI is InChI=1S/C22H15N3O3S/c1-15-5-2-3-8-20(15)22(27)24-19-7-4-6-16(12-19)9-10-17-11-18(14-23-13-17)21(26)25-29-28/h2-8,11-14H,1H3,(H,24,27). The Morgan fingerprint density at radius 2 is 1.79 bits per heavy atom. The minimum absolute atomic E-state index is 0.147. The molecule has 3 aromatic rings. The Bertz CT molecular complexity index is 1200. The van der Waals surface area contributed by atoms with Crippen LogP contribution in [0, 0.1) is 18.8 Å². The smallest absolute Gasteiger partial charge is 0.291 e. The van der Waals surface area contributed by atoms with E-state index in [1.165, 1.54) is 18.5 Å². The highest BCUT2D eigenvalue weighted by Gasteiger charge is 2.08. The molecular formula is C22H15N3O3S. The summed E-state index contributed by atoms with van der Waals surface area (Å²) in [5, 5.41) is 2.87. The van der Waals surface area contributed by atoms with E-state index in [1.54, 1.807) is 24.3 Å². The first-order chi connectivity index (χ1) is 14.1. The topological polar surface area (TPSA) is 88.5 Å². The van der Waals surface area contributed by atoms with Crippen molar-refractivity contribution in [2.45, 2.75) is 6.92 Å². The first kappa shape index (κ1) is 19.9. The lowest BCUT2D eigenvalue weighted by Crippen LogP contribution is -2.13. The Kier molecular flexibility index (Phi) is 6.40. The summed E-state index contributed by atoms with van der Waals surface area (Å²) in [7, 11) is 0. The third-order valence-corrected chi connectivity index (χ3v) is 4.21. The number of benzene rings is 2. The van der Waals surface area contributed by atoms with Gasteiger partial charge in [0, 0.05) is 34.8 Å². The third kappa shape index (κ3) is 5.31. The van der Waals surface area contributed by atoms with Crippen molar-refractivity contribution in [1.82, 2.24) is 4.98 Å². The molecular weight excluding hydrogens is 386 g/mol. The lowest BCUT2D eigenvalue weighted by molar-refractivity contribution is 0.100. The van der Waals surface area contributed by atoms with Crippen LogP contribution in [0.1, 0.15) is 37.4 Å². The fraction of sp³-hybridized carbons (Fsp3) is 0.0455. The van der Waals surface area contributed by atoms with Gasteiger partial charge in [-0.15, -0.1) is 4.36 Å². The van der Waals surface area contributed by atoms with Gasteiger partial charge in [0.2, 0.25) is 11.5 Å². The maximum Gasteiger partial charge on any atom is 0.291 e. The van der Waals surface area contributed by atoms with E-state index >= 15 is 0 Å². The number of carbonyl (C=O) groups is 2. The third-order valence-electron chi connectivity index (χ3n) is 3.97. The number of aromatic nitrogens is 1. The van der Waals surface area contributed by atoms with Crippen LogP contribution in [-0.2, 0) is 11.5 Å². The molecule has 2 amide bonds. The van der Waals surface area contributed by atoms with Crippen LogP contribution >= 0.6 is 0 Å². The quantitative estimate of drug-likeness (QED) is 0.680. The van der Waals surface area contributed by atoms with Crippen LogP contribution < -0.4 is 5.32 Å². The van der Waals surface area contributed by atoms with Gasteiger partial charge in [-0.3, -0.25) is 14.6 Å². The minimum Gasteiger partial charge on any atom is -0.322 e. The van der Waals surface area contributed by atoms with E-state index < -0.39 is 5.91 Å². The zero-order valence-corrected chi connectivity index (χ0v) is 16.2. The highest BCUT2D eigenvalue weighted by molar-refractivity contribution is 7.55. The van der Waals surface area contributed by atoms with Gasteiger partial charge in [0.15, 0.2) is 0 Å². The number of hydrogen-bond donors (Lipinski definition) is 1. The van der Waals surface area contributed by atoms with Gasteiger partial charge < -0.3 is 5.32 Å². The molecule has 0 saturated carbocycles. The lowest BCUT2D eigenvalue weighted by Gasteiger charge is -2.07. The molecule has 0 aliphatic rings. The molecule has 6 nitrogen and oxygen atoms in total. The number of nitrogens with one attached hydrogen (secondary N) is 1. The summed E-state index contributed by atoms with van der Waals surface area (Å²) in [6, 6.07) is 16.0. The van der Waals surface area contributed by atoms with Crippen LogP contribution in [0.25, 0.3) is 0 Å². The van der Waals surface area contributed by atoms with Crippen molar-refractivity contribution < 1.29 is 13.8 Å². The van der Waals surface area contributed by atoms with Gasteiger partial charge in [-0.2, -0.15) is 4.21 Å². The van der Waals surface area contributed by atoms with E-state index in [2.05, 4.69) is 26.5 Å². The predicted molar refractivity (Wildman–Crippen MR) is 111 cm³/mol. The normalized spacial score (nSPS) is 9.69. The fourth-order valence-electron chi connectivity index (χ4n) is 2.56. The number of hydrogen-bond acceptors (Lipinski definition) is 4. The first-order valence-electron chi connectivity index (χ1n) is 8.55. The molecule has 0 saturated heterocycles. The van der Waals surface area contributed by atoms with Crippen molar-refractivity contribution in [3.63, 3.8) is 0 Å². The number of carbonyl (C=O) groups excluding carboxylic acids is 2. The van der Waals surface area contributed by atoms with E-state index in [0.29, 0.717) is 22.4 Å². The summed E-state index contributed by atoms with van der Waals surface area (Å²) in [5.74, 6) is 5.05. The molecule has 1 heterocycles. The highest BCUT2D eigenvalue weighted by atomic mass is 32.1. The van der Waals surface area contributed by atoms with Crippen LogP contribution in [0.3, 0.4) is 0 Å². The van der Waals surface area contributed by atoms with Gasteiger partial charge in [0.1, 0.15) is 0 Å². The molecule has 0 atom stereocenters. The van der Waals surface area contributed by atoms with Gasteiger partial charge in [-0.25, -0.2) is 0 Å². The summed E-state index contributed by atoms with van der Waals surface area (Å²) in [4.78, 5) is 28.1. The molecule has 0 aliphatic carbocycles. The lowest BCUT2D eigenvalue weighted by atomic mass is 10.1. The Morgan fingerprint density at radius 1 is 1.00 bits per heavy atom. The predicted octanol–water partition coefficient (Wildman–Crippen LogP) is 3.58. The molecule has 1 N–H and O–H groups in total. The summed E-state index contributed by atoms with van der Waals surface area (Å²) in [5.41, 5.74) is 3.52. The number of amides is 2. The Labute approximate surface area is 171 Å². The highest BCUT2D eigenvalue weighted by Crippen LogP contribution is 2.14. The number of aryl methyl sites for hydroxylation is 1. The van der Waals surface area contributed by atoms with Crippen molar-refractivity contribution in [2.24, 2.45) is 4.36 Å². The van der Waals surface area contributed by atoms with E-state index in [4.69, 9.17) is 0 Å². The molecule has 0 bridgehead atoms. The van der Waals surface area contributed by atoms with E-state index in [-0.39, 0.29) is 22.9 Å². The van der Waals surface area contributed by atoms with E-state index in [1.807, 2.05) is 31.2 Å². The van der Waals surface area contributed by atoms with Gasteiger partial charge in [0.05, 0.1) is 5.56 Å². The fourth-order valence-corrected chi connectivity index (χ4v) is 2.73. The van der Waals surface area contributed by atoms with Gasteiger partial charge in [-0.05, 0) is 42.8 Å². The Balaban J connectivity index is 1.79. The molecule has 0 radical (unpaired) electrons. The van der Waals surface area contributed by atoms with E-state index in [9.17, 15) is 13.8 Å². The molecule has 0 fully saturated rings. The van der Waals surface area contributed by atoms with Crippen LogP contribution in [0.4, 0.5) is 5.69 Å². The van der Waals surface area contributed by atoms with Crippen LogP contribution in [0.2, 0.25) is 0 Å². The molecule has 3 rings (SSSR count). The first-order valence-corrected chi connectivity index (χ1v) is 9.25. The summed E-state index contributed by atoms with van der Waals surface area (Å²) in [6.45, 7) is 1.88. The van der Waals surface area contributed by atoms with Crippen LogP contribution in [0.5, 0.6) is 0 Å². The molecule has 142 valence electrons. The number of nitrogens with zero attached hydrogens (tertiary/aromatic N) is 2. The Hall–Kier alpha value is -3.89. The zero-order valence-electron chi connectivity index (χ0n) is 15.4. The minimum atomic E-state index is -0.651. The van der Waals surface area contributed by atoms with E-state index in [0.717, 1.165) is 5.56 Å². The van der Waals surface area contributed by atoms with Crippen molar-refractivity contribution in [1.29, 1.82) is 0 Å².